The minimum atomic E-state index is -0.662. The average Bonchev–Trinajstić information content (AvgIpc) is 3.29. The highest BCUT2D eigenvalue weighted by molar-refractivity contribution is 5.88. The molecule has 0 bridgehead atoms. The number of rotatable bonds is 11. The first-order chi connectivity index (χ1) is 17.3. The number of esters is 1. The van der Waals surface area contributed by atoms with Crippen LogP contribution in [0.3, 0.4) is 0 Å². The van der Waals surface area contributed by atoms with Gasteiger partial charge in [-0.2, -0.15) is 0 Å². The zero-order chi connectivity index (χ0) is 26.1. The maximum absolute atomic E-state index is 13.5. The highest BCUT2D eigenvalue weighted by atomic mass is 19.1. The summed E-state index contributed by atoms with van der Waals surface area (Å²) < 4.78 is 20.4. The first-order valence-electron chi connectivity index (χ1n) is 12.0. The van der Waals surface area contributed by atoms with Crippen molar-refractivity contribution in [2.24, 2.45) is 0 Å². The minimum absolute atomic E-state index is 0.161. The van der Waals surface area contributed by atoms with Gasteiger partial charge in [-0.25, -0.2) is 9.18 Å². The van der Waals surface area contributed by atoms with E-state index < -0.39 is 12.0 Å². The zero-order valence-corrected chi connectivity index (χ0v) is 20.8. The van der Waals surface area contributed by atoms with Crippen LogP contribution in [0.15, 0.2) is 60.7 Å². The van der Waals surface area contributed by atoms with Crippen LogP contribution in [0.1, 0.15) is 45.2 Å². The zero-order valence-electron chi connectivity index (χ0n) is 20.8. The first-order valence-corrected chi connectivity index (χ1v) is 12.0. The van der Waals surface area contributed by atoms with Crippen LogP contribution >= 0.6 is 0 Å². The van der Waals surface area contributed by atoms with Gasteiger partial charge in [-0.05, 0) is 79.1 Å². The highest BCUT2D eigenvalue weighted by Crippen LogP contribution is 2.28. The van der Waals surface area contributed by atoms with Crippen LogP contribution in [0.4, 0.5) is 10.1 Å². The van der Waals surface area contributed by atoms with E-state index >= 15 is 0 Å². The van der Waals surface area contributed by atoms with E-state index in [0.717, 1.165) is 35.5 Å². The smallest absolute Gasteiger partial charge is 0.328 e. The van der Waals surface area contributed by atoms with Crippen LogP contribution in [0.25, 0.3) is 16.9 Å². The summed E-state index contributed by atoms with van der Waals surface area (Å²) >= 11 is 0. The number of carbonyl (C=O) groups is 3. The number of hydrogen-bond donors (Lipinski definition) is 2. The van der Waals surface area contributed by atoms with E-state index in [0.29, 0.717) is 18.5 Å². The second kappa shape index (κ2) is 12.7. The van der Waals surface area contributed by atoms with Crippen LogP contribution < -0.4 is 10.6 Å². The van der Waals surface area contributed by atoms with E-state index in [2.05, 4.69) is 10.6 Å². The van der Waals surface area contributed by atoms with Crippen LogP contribution in [-0.2, 0) is 25.5 Å². The fourth-order valence-corrected chi connectivity index (χ4v) is 4.03. The van der Waals surface area contributed by atoms with Gasteiger partial charge < -0.3 is 19.9 Å². The van der Waals surface area contributed by atoms with Gasteiger partial charge in [0.1, 0.15) is 11.9 Å². The Morgan fingerprint density at radius 2 is 1.69 bits per heavy atom. The third-order valence-corrected chi connectivity index (χ3v) is 5.82. The molecule has 3 aromatic rings. The van der Waals surface area contributed by atoms with E-state index in [9.17, 15) is 18.8 Å². The molecule has 0 aliphatic heterocycles. The Morgan fingerprint density at radius 1 is 1.00 bits per heavy atom. The van der Waals surface area contributed by atoms with Crippen molar-refractivity contribution in [1.29, 1.82) is 0 Å². The van der Waals surface area contributed by atoms with E-state index in [1.54, 1.807) is 24.3 Å². The largest absolute Gasteiger partial charge is 0.467 e. The van der Waals surface area contributed by atoms with Crippen LogP contribution in [-0.4, -0.2) is 35.5 Å². The molecule has 0 radical (unpaired) electrons. The van der Waals surface area contributed by atoms with Gasteiger partial charge in [-0.1, -0.05) is 19.8 Å². The lowest BCUT2D eigenvalue weighted by molar-refractivity contribution is -0.145. The molecule has 0 unspecified atom stereocenters. The Morgan fingerprint density at radius 3 is 2.31 bits per heavy atom. The van der Waals surface area contributed by atoms with Gasteiger partial charge in [0, 0.05) is 30.4 Å². The number of ether oxygens (including phenoxy) is 1. The van der Waals surface area contributed by atoms with Crippen molar-refractivity contribution in [2.75, 3.05) is 12.4 Å². The van der Waals surface area contributed by atoms with Crippen molar-refractivity contribution in [2.45, 2.75) is 52.0 Å². The summed E-state index contributed by atoms with van der Waals surface area (Å²) in [5, 5.41) is 5.55. The van der Waals surface area contributed by atoms with Crippen molar-refractivity contribution < 1.29 is 23.5 Å². The topological polar surface area (TPSA) is 89.4 Å². The molecule has 0 aliphatic rings. The number of unbranched alkanes of at least 4 members (excludes halogenated alkanes) is 1. The number of hydrogen-bond acceptors (Lipinski definition) is 4. The Kier molecular flexibility index (Phi) is 9.39. The lowest BCUT2D eigenvalue weighted by Crippen LogP contribution is -2.41. The SMILES string of the molecule is CCCC[C@@H](NC(=O)CCc1ccc(-c2ccc(F)cc2)n1-c1ccc(NC(C)=O)cc1)C(=O)OC. The van der Waals surface area contributed by atoms with Crippen molar-refractivity contribution in [1.82, 2.24) is 9.88 Å². The summed E-state index contributed by atoms with van der Waals surface area (Å²) in [6, 6.07) is 16.8. The van der Waals surface area contributed by atoms with Gasteiger partial charge in [0.05, 0.1) is 12.8 Å². The number of methoxy groups -OCH3 is 1. The molecule has 0 saturated carbocycles. The van der Waals surface area contributed by atoms with Gasteiger partial charge in [0.2, 0.25) is 11.8 Å². The van der Waals surface area contributed by atoms with Gasteiger partial charge in [-0.3, -0.25) is 9.59 Å². The summed E-state index contributed by atoms with van der Waals surface area (Å²) in [7, 11) is 1.31. The molecule has 7 nitrogen and oxygen atoms in total. The summed E-state index contributed by atoms with van der Waals surface area (Å²) in [6.07, 6.45) is 2.83. The quantitative estimate of drug-likeness (QED) is 0.367. The predicted octanol–water partition coefficient (Wildman–Crippen LogP) is 5.02. The number of aryl methyl sites for hydroxylation is 1. The normalized spacial score (nSPS) is 11.6. The molecule has 0 fully saturated rings. The number of aromatic nitrogens is 1. The number of anilines is 1. The number of nitrogens with one attached hydrogen (secondary N) is 2. The third-order valence-electron chi connectivity index (χ3n) is 5.82. The number of amides is 2. The summed E-state index contributed by atoms with van der Waals surface area (Å²) in [4.78, 5) is 36.1. The lowest BCUT2D eigenvalue weighted by atomic mass is 10.1. The standard InChI is InChI=1S/C28H32FN3O4/c1-4-5-6-25(28(35)36-3)31-27(34)18-16-24-15-17-26(20-7-9-21(29)10-8-20)32(24)23-13-11-22(12-14-23)30-19(2)33/h7-15,17,25H,4-6,16,18H2,1-3H3,(H,30,33)(H,31,34)/t25-/m1/s1. The monoisotopic (exact) mass is 493 g/mol. The highest BCUT2D eigenvalue weighted by Gasteiger charge is 2.21. The van der Waals surface area contributed by atoms with E-state index in [4.69, 9.17) is 4.74 Å². The molecular formula is C28H32FN3O4. The maximum atomic E-state index is 13.5. The molecule has 36 heavy (non-hydrogen) atoms. The van der Waals surface area contributed by atoms with Crippen molar-refractivity contribution in [3.63, 3.8) is 0 Å². The summed E-state index contributed by atoms with van der Waals surface area (Å²) in [5.41, 5.74) is 4.04. The molecule has 1 aromatic heterocycles. The van der Waals surface area contributed by atoms with Gasteiger partial charge in [-0.15, -0.1) is 0 Å². The van der Waals surface area contributed by atoms with Gasteiger partial charge >= 0.3 is 5.97 Å². The molecule has 2 aromatic carbocycles. The van der Waals surface area contributed by atoms with Crippen LogP contribution in [0, 0.1) is 5.82 Å². The molecule has 2 N–H and O–H groups in total. The fraction of sp³-hybridized carbons (Fsp3) is 0.321. The molecule has 1 atom stereocenters. The van der Waals surface area contributed by atoms with Crippen molar-refractivity contribution in [3.05, 3.63) is 72.2 Å². The Labute approximate surface area is 210 Å². The molecular weight excluding hydrogens is 461 g/mol. The van der Waals surface area contributed by atoms with Crippen LogP contribution in [0.5, 0.6) is 0 Å². The Balaban J connectivity index is 1.85. The maximum Gasteiger partial charge on any atom is 0.328 e. The summed E-state index contributed by atoms with van der Waals surface area (Å²) in [6.45, 7) is 3.47. The third kappa shape index (κ3) is 7.04. The van der Waals surface area contributed by atoms with E-state index in [1.807, 2.05) is 35.8 Å². The predicted molar refractivity (Wildman–Crippen MR) is 137 cm³/mol. The molecule has 3 rings (SSSR count). The molecule has 1 heterocycles. The second-order valence-electron chi connectivity index (χ2n) is 8.57. The Hall–Kier alpha value is -3.94. The summed E-state index contributed by atoms with van der Waals surface area (Å²) in [5.74, 6) is -1.17. The first kappa shape index (κ1) is 26.7. The average molecular weight is 494 g/mol. The lowest BCUT2D eigenvalue weighted by Gasteiger charge is -2.17. The van der Waals surface area contributed by atoms with Crippen molar-refractivity contribution in [3.8, 4) is 16.9 Å². The van der Waals surface area contributed by atoms with E-state index in [1.165, 1.54) is 26.2 Å². The number of nitrogens with zero attached hydrogens (tertiary/aromatic N) is 1. The fourth-order valence-electron chi connectivity index (χ4n) is 4.03. The number of halogens is 1. The Bertz CT molecular complexity index is 1190. The minimum Gasteiger partial charge on any atom is -0.467 e. The van der Waals surface area contributed by atoms with Crippen LogP contribution in [0.2, 0.25) is 0 Å². The van der Waals surface area contributed by atoms with Gasteiger partial charge in [0.25, 0.3) is 0 Å². The number of benzene rings is 2. The van der Waals surface area contributed by atoms with Crippen molar-refractivity contribution >= 4 is 23.5 Å². The molecule has 0 saturated heterocycles. The molecule has 190 valence electrons. The molecule has 2 amide bonds. The molecule has 0 spiro atoms. The van der Waals surface area contributed by atoms with Gasteiger partial charge in [0.15, 0.2) is 0 Å². The van der Waals surface area contributed by atoms with E-state index in [-0.39, 0.29) is 24.1 Å². The molecule has 0 aliphatic carbocycles. The molecule has 8 heteroatoms. The second-order valence-corrected chi connectivity index (χ2v) is 8.57. The number of carbonyl (C=O) groups excluding carboxylic acids is 3.